The highest BCUT2D eigenvalue weighted by molar-refractivity contribution is 7.47. The molecule has 0 bridgehead atoms. The van der Waals surface area contributed by atoms with Crippen molar-refractivity contribution in [1.82, 2.24) is 0 Å². The fourth-order valence-corrected chi connectivity index (χ4v) is 8.56. The standard InChI is InChI=1S/C49H94O17P2/c1-5-9-13-17-20-21-24-28-32-36-49(54)66-45(40-60-47(52)34-30-26-22-18-14-10-6-2)42-64-68(57,58)62-38-43(50)37-61-67(55,56)63-41-44(39-59-46(51)33-29-25-16-12-8-4)65-48(53)35-31-27-23-19-15-11-7-3/h43-45,50H,5-42H2,1-4H3,(H,55,56)(H,57,58)/t43-,44+,45+/m0/s1. The van der Waals surface area contributed by atoms with E-state index in [4.69, 9.17) is 37.0 Å². The summed E-state index contributed by atoms with van der Waals surface area (Å²) < 4.78 is 66.9. The molecule has 0 spiro atoms. The Morgan fingerprint density at radius 3 is 0.868 bits per heavy atom. The van der Waals surface area contributed by atoms with Gasteiger partial charge in [-0.3, -0.25) is 37.3 Å². The molecule has 402 valence electrons. The molecule has 0 amide bonds. The molecule has 19 heteroatoms. The van der Waals surface area contributed by atoms with E-state index in [1.807, 2.05) is 0 Å². The molecule has 3 N–H and O–H groups in total. The zero-order valence-corrected chi connectivity index (χ0v) is 44.3. The fourth-order valence-electron chi connectivity index (χ4n) is 6.98. The maximum Gasteiger partial charge on any atom is 0.472 e. The van der Waals surface area contributed by atoms with Crippen LogP contribution in [0.15, 0.2) is 0 Å². The minimum absolute atomic E-state index is 0.103. The number of unbranched alkanes of at least 4 members (excludes halogenated alkanes) is 24. The van der Waals surface area contributed by atoms with E-state index in [-0.39, 0.29) is 25.7 Å². The van der Waals surface area contributed by atoms with Crippen LogP contribution in [-0.4, -0.2) is 96.7 Å². The number of phosphoric acid groups is 2. The van der Waals surface area contributed by atoms with Gasteiger partial charge in [-0.15, -0.1) is 0 Å². The summed E-state index contributed by atoms with van der Waals surface area (Å²) in [6, 6.07) is 0. The van der Waals surface area contributed by atoms with Crippen molar-refractivity contribution in [2.45, 2.75) is 251 Å². The van der Waals surface area contributed by atoms with E-state index in [2.05, 4.69) is 27.7 Å². The van der Waals surface area contributed by atoms with Crippen LogP contribution in [0.3, 0.4) is 0 Å². The molecule has 0 saturated heterocycles. The predicted molar refractivity (Wildman–Crippen MR) is 262 cm³/mol. The molecule has 0 aliphatic rings. The van der Waals surface area contributed by atoms with Gasteiger partial charge in [-0.1, -0.05) is 182 Å². The minimum atomic E-state index is -4.92. The topological polar surface area (TPSA) is 237 Å². The van der Waals surface area contributed by atoms with Gasteiger partial charge in [0.05, 0.1) is 26.4 Å². The quantitative estimate of drug-likeness (QED) is 0.0222. The number of ether oxygens (including phenoxy) is 4. The average Bonchev–Trinajstić information content (AvgIpc) is 3.30. The second-order valence-corrected chi connectivity index (χ2v) is 20.8. The Bertz CT molecular complexity index is 1350. The largest absolute Gasteiger partial charge is 0.472 e. The van der Waals surface area contributed by atoms with Crippen LogP contribution >= 0.6 is 15.6 Å². The van der Waals surface area contributed by atoms with Crippen LogP contribution in [0, 0.1) is 0 Å². The third kappa shape index (κ3) is 44.0. The van der Waals surface area contributed by atoms with Crippen LogP contribution in [-0.2, 0) is 65.4 Å². The van der Waals surface area contributed by atoms with Crippen molar-refractivity contribution >= 4 is 39.5 Å². The van der Waals surface area contributed by atoms with E-state index in [0.29, 0.717) is 25.7 Å². The third-order valence-corrected chi connectivity index (χ3v) is 13.0. The fraction of sp³-hybridized carbons (Fsp3) is 0.918. The van der Waals surface area contributed by atoms with Gasteiger partial charge in [-0.05, 0) is 25.7 Å². The molecule has 68 heavy (non-hydrogen) atoms. The summed E-state index contributed by atoms with van der Waals surface area (Å²) in [6.45, 7) is 4.58. The summed E-state index contributed by atoms with van der Waals surface area (Å²) in [7, 11) is -9.83. The Hall–Kier alpha value is -1.94. The number of rotatable bonds is 50. The summed E-state index contributed by atoms with van der Waals surface area (Å²) in [5, 5.41) is 10.4. The number of phosphoric ester groups is 2. The van der Waals surface area contributed by atoms with Crippen molar-refractivity contribution in [3.8, 4) is 0 Å². The number of carbonyl (C=O) groups excluding carboxylic acids is 4. The highest BCUT2D eigenvalue weighted by Gasteiger charge is 2.30. The van der Waals surface area contributed by atoms with Gasteiger partial charge in [-0.2, -0.15) is 0 Å². The second-order valence-electron chi connectivity index (χ2n) is 17.8. The van der Waals surface area contributed by atoms with Gasteiger partial charge in [0.15, 0.2) is 12.2 Å². The maximum atomic E-state index is 12.8. The van der Waals surface area contributed by atoms with Crippen LogP contribution in [0.2, 0.25) is 0 Å². The molecular weight excluding hydrogens is 922 g/mol. The van der Waals surface area contributed by atoms with Crippen molar-refractivity contribution in [2.24, 2.45) is 0 Å². The SMILES string of the molecule is CCCCCCCCCCCC(=O)O[C@H](COC(=O)CCCCCCCCC)COP(=O)(O)OC[C@@H](O)COP(=O)(O)OC[C@@H](COC(=O)CCCCCCC)OC(=O)CCCCCCCCC. The van der Waals surface area contributed by atoms with Gasteiger partial charge in [0.25, 0.3) is 0 Å². The lowest BCUT2D eigenvalue weighted by Gasteiger charge is -2.21. The molecule has 0 saturated carbocycles. The maximum absolute atomic E-state index is 12.8. The second kappa shape index (κ2) is 45.0. The van der Waals surface area contributed by atoms with Crippen molar-refractivity contribution < 1.29 is 80.2 Å². The number of hydrogen-bond acceptors (Lipinski definition) is 15. The van der Waals surface area contributed by atoms with Gasteiger partial charge in [0, 0.05) is 25.7 Å². The Kier molecular flexibility index (Phi) is 43.7. The summed E-state index contributed by atoms with van der Waals surface area (Å²) in [4.78, 5) is 70.9. The van der Waals surface area contributed by atoms with Gasteiger partial charge in [0.2, 0.25) is 0 Å². The van der Waals surface area contributed by atoms with Crippen LogP contribution in [0.5, 0.6) is 0 Å². The number of aliphatic hydroxyl groups excluding tert-OH is 1. The third-order valence-electron chi connectivity index (χ3n) is 11.1. The molecule has 0 aliphatic heterocycles. The van der Waals surface area contributed by atoms with Crippen LogP contribution in [0.1, 0.15) is 233 Å². The first-order chi connectivity index (χ1) is 32.7. The zero-order valence-electron chi connectivity index (χ0n) is 42.6. The Morgan fingerprint density at radius 1 is 0.353 bits per heavy atom. The molecule has 0 aliphatic carbocycles. The van der Waals surface area contributed by atoms with E-state index in [0.717, 1.165) is 122 Å². The minimum Gasteiger partial charge on any atom is -0.462 e. The highest BCUT2D eigenvalue weighted by atomic mass is 31.2. The van der Waals surface area contributed by atoms with E-state index >= 15 is 0 Å². The lowest BCUT2D eigenvalue weighted by atomic mass is 10.1. The molecule has 0 aromatic carbocycles. The number of carbonyl (C=O) groups is 4. The number of hydrogen-bond donors (Lipinski definition) is 3. The molecule has 5 atom stereocenters. The molecule has 0 heterocycles. The van der Waals surface area contributed by atoms with E-state index in [1.165, 1.54) is 32.1 Å². The summed E-state index contributed by atoms with van der Waals surface area (Å²) >= 11 is 0. The van der Waals surface area contributed by atoms with Crippen LogP contribution in [0.4, 0.5) is 0 Å². The first-order valence-corrected chi connectivity index (χ1v) is 29.3. The van der Waals surface area contributed by atoms with Crippen molar-refractivity contribution in [1.29, 1.82) is 0 Å². The van der Waals surface area contributed by atoms with Crippen molar-refractivity contribution in [3.63, 3.8) is 0 Å². The average molecular weight is 1020 g/mol. The first-order valence-electron chi connectivity index (χ1n) is 26.3. The van der Waals surface area contributed by atoms with Gasteiger partial charge >= 0.3 is 39.5 Å². The van der Waals surface area contributed by atoms with Crippen LogP contribution < -0.4 is 0 Å². The lowest BCUT2D eigenvalue weighted by Crippen LogP contribution is -2.30. The lowest BCUT2D eigenvalue weighted by molar-refractivity contribution is -0.161. The van der Waals surface area contributed by atoms with E-state index in [1.54, 1.807) is 0 Å². The smallest absolute Gasteiger partial charge is 0.462 e. The molecule has 0 fully saturated rings. The van der Waals surface area contributed by atoms with Crippen molar-refractivity contribution in [3.05, 3.63) is 0 Å². The summed E-state index contributed by atoms with van der Waals surface area (Å²) in [5.74, 6) is -2.18. The summed E-state index contributed by atoms with van der Waals surface area (Å²) in [6.07, 6.45) is 24.5. The molecule has 0 aromatic rings. The molecule has 2 unspecified atom stereocenters. The normalized spacial score (nSPS) is 14.6. The van der Waals surface area contributed by atoms with Gasteiger partial charge in [-0.25, -0.2) is 9.13 Å². The zero-order chi connectivity index (χ0) is 50.6. The molecule has 0 aromatic heterocycles. The monoisotopic (exact) mass is 1020 g/mol. The van der Waals surface area contributed by atoms with Crippen LogP contribution in [0.25, 0.3) is 0 Å². The van der Waals surface area contributed by atoms with Crippen molar-refractivity contribution in [2.75, 3.05) is 39.6 Å². The summed E-state index contributed by atoms with van der Waals surface area (Å²) in [5.41, 5.74) is 0. The molecule has 0 rings (SSSR count). The Morgan fingerprint density at radius 2 is 0.588 bits per heavy atom. The molecule has 17 nitrogen and oxygen atoms in total. The number of esters is 4. The highest BCUT2D eigenvalue weighted by Crippen LogP contribution is 2.45. The Labute approximate surface area is 409 Å². The predicted octanol–water partition coefficient (Wildman–Crippen LogP) is 12.1. The molecule has 0 radical (unpaired) electrons. The van der Waals surface area contributed by atoms with Gasteiger partial charge in [0.1, 0.15) is 19.3 Å². The molecular formula is C49H94O17P2. The van der Waals surface area contributed by atoms with Gasteiger partial charge < -0.3 is 33.8 Å². The Balaban J connectivity index is 5.16. The van der Waals surface area contributed by atoms with E-state index < -0.39 is 97.5 Å². The number of aliphatic hydroxyl groups is 1. The first kappa shape index (κ1) is 66.1. The van der Waals surface area contributed by atoms with E-state index in [9.17, 15) is 43.2 Å².